The topological polar surface area (TPSA) is 89.0 Å². The molecule has 0 radical (unpaired) electrons. The van der Waals surface area contributed by atoms with Gasteiger partial charge in [0.05, 0.1) is 17.6 Å². The van der Waals surface area contributed by atoms with Crippen LogP contribution in [0.1, 0.15) is 29.5 Å². The second-order valence-corrected chi connectivity index (χ2v) is 10.6. The van der Waals surface area contributed by atoms with E-state index in [1.165, 1.54) is 51.1 Å². The number of carbonyl (C=O) groups is 1. The third-order valence-electron chi connectivity index (χ3n) is 4.92. The van der Waals surface area contributed by atoms with E-state index in [-0.39, 0.29) is 17.8 Å². The number of hydrogen-bond donors (Lipinski definition) is 2. The summed E-state index contributed by atoms with van der Waals surface area (Å²) in [5, 5.41) is 17.8. The maximum atomic E-state index is 12.4. The van der Waals surface area contributed by atoms with Gasteiger partial charge in [-0.15, -0.1) is 21.5 Å². The van der Waals surface area contributed by atoms with Gasteiger partial charge >= 0.3 is 0 Å². The largest absolute Gasteiger partial charge is 0.376 e. The van der Waals surface area contributed by atoms with Crippen LogP contribution in [0, 0.1) is 20.8 Å². The first-order chi connectivity index (χ1) is 15.0. The van der Waals surface area contributed by atoms with E-state index in [2.05, 4.69) is 58.7 Å². The van der Waals surface area contributed by atoms with Crippen LogP contribution in [-0.2, 0) is 9.53 Å². The molecule has 3 aromatic rings. The van der Waals surface area contributed by atoms with Crippen LogP contribution in [0.4, 0.5) is 10.3 Å². The SMILES string of the molecule is Cc1cc(C)c(-c2csc(NC(=O)CSc3nnc(NCC4CCCO4)s3)n2)c(C)c1. The van der Waals surface area contributed by atoms with Gasteiger partial charge in [-0.1, -0.05) is 40.8 Å². The van der Waals surface area contributed by atoms with Gasteiger partial charge < -0.3 is 15.4 Å². The summed E-state index contributed by atoms with van der Waals surface area (Å²) in [6.07, 6.45) is 2.44. The molecule has 1 amide bonds. The van der Waals surface area contributed by atoms with E-state index in [0.717, 1.165) is 46.7 Å². The number of amides is 1. The van der Waals surface area contributed by atoms with Crippen LogP contribution in [0.5, 0.6) is 0 Å². The van der Waals surface area contributed by atoms with Crippen LogP contribution >= 0.6 is 34.4 Å². The molecule has 1 saturated heterocycles. The van der Waals surface area contributed by atoms with E-state index in [0.29, 0.717) is 5.13 Å². The van der Waals surface area contributed by atoms with Crippen LogP contribution < -0.4 is 10.6 Å². The molecule has 1 aliphatic rings. The predicted octanol–water partition coefficient (Wildman–Crippen LogP) is 4.91. The highest BCUT2D eigenvalue weighted by molar-refractivity contribution is 8.01. The third-order valence-corrected chi connectivity index (χ3v) is 7.69. The number of hydrogen-bond acceptors (Lipinski definition) is 9. The Hall–Kier alpha value is -2.01. The van der Waals surface area contributed by atoms with Crippen molar-refractivity contribution in [3.05, 3.63) is 34.2 Å². The summed E-state index contributed by atoms with van der Waals surface area (Å²) in [5.41, 5.74) is 5.65. The summed E-state index contributed by atoms with van der Waals surface area (Å²) < 4.78 is 6.36. The highest BCUT2D eigenvalue weighted by atomic mass is 32.2. The molecule has 0 saturated carbocycles. The quantitative estimate of drug-likeness (QED) is 0.448. The number of nitrogens with one attached hydrogen (secondary N) is 2. The Morgan fingerprint density at radius 3 is 2.77 bits per heavy atom. The van der Waals surface area contributed by atoms with E-state index in [4.69, 9.17) is 4.74 Å². The first-order valence-electron chi connectivity index (χ1n) is 10.1. The molecule has 10 heteroatoms. The molecule has 0 bridgehead atoms. The second-order valence-electron chi connectivity index (χ2n) is 7.54. The number of ether oxygens (including phenoxy) is 1. The Balaban J connectivity index is 1.28. The van der Waals surface area contributed by atoms with Crippen LogP contribution in [-0.4, -0.2) is 46.1 Å². The smallest absolute Gasteiger partial charge is 0.236 e. The van der Waals surface area contributed by atoms with Crippen molar-refractivity contribution in [2.75, 3.05) is 29.5 Å². The van der Waals surface area contributed by atoms with Gasteiger partial charge in [-0.25, -0.2) is 4.98 Å². The molecule has 31 heavy (non-hydrogen) atoms. The monoisotopic (exact) mass is 475 g/mol. The fraction of sp³-hybridized carbons (Fsp3) is 0.429. The Labute approximate surface area is 194 Å². The Kier molecular flexibility index (Phi) is 7.21. The molecule has 7 nitrogen and oxygen atoms in total. The zero-order valence-electron chi connectivity index (χ0n) is 17.7. The van der Waals surface area contributed by atoms with E-state index >= 15 is 0 Å². The molecule has 3 heterocycles. The summed E-state index contributed by atoms with van der Waals surface area (Å²) in [5.74, 6) is 0.157. The van der Waals surface area contributed by atoms with Crippen molar-refractivity contribution in [3.63, 3.8) is 0 Å². The number of nitrogens with zero attached hydrogens (tertiary/aromatic N) is 3. The third kappa shape index (κ3) is 5.82. The van der Waals surface area contributed by atoms with Gasteiger partial charge in [-0.05, 0) is 44.7 Å². The van der Waals surface area contributed by atoms with E-state index in [1.807, 2.05) is 5.38 Å². The summed E-state index contributed by atoms with van der Waals surface area (Å²) in [6, 6.07) is 4.31. The van der Waals surface area contributed by atoms with E-state index < -0.39 is 0 Å². The van der Waals surface area contributed by atoms with Crippen molar-refractivity contribution in [1.29, 1.82) is 0 Å². The molecule has 2 N–H and O–H groups in total. The van der Waals surface area contributed by atoms with Gasteiger partial charge in [0.2, 0.25) is 11.0 Å². The van der Waals surface area contributed by atoms with Gasteiger partial charge in [-0.3, -0.25) is 4.79 Å². The van der Waals surface area contributed by atoms with Gasteiger partial charge in [0.1, 0.15) is 0 Å². The van der Waals surface area contributed by atoms with Crippen molar-refractivity contribution in [2.45, 2.75) is 44.1 Å². The lowest BCUT2D eigenvalue weighted by Gasteiger charge is -2.08. The van der Waals surface area contributed by atoms with Gasteiger partial charge in [0.15, 0.2) is 9.47 Å². The number of anilines is 2. The van der Waals surface area contributed by atoms with Crippen LogP contribution in [0.3, 0.4) is 0 Å². The normalized spacial score (nSPS) is 15.9. The van der Waals surface area contributed by atoms with Crippen molar-refractivity contribution >= 4 is 50.6 Å². The van der Waals surface area contributed by atoms with Gasteiger partial charge in [0, 0.05) is 24.1 Å². The molecule has 0 aliphatic carbocycles. The average Bonchev–Trinajstić information content (AvgIpc) is 3.47. The number of aryl methyl sites for hydroxylation is 3. The zero-order chi connectivity index (χ0) is 21.8. The van der Waals surface area contributed by atoms with Crippen molar-refractivity contribution in [2.24, 2.45) is 0 Å². The number of rotatable bonds is 8. The zero-order valence-corrected chi connectivity index (χ0v) is 20.2. The Morgan fingerprint density at radius 2 is 2.03 bits per heavy atom. The van der Waals surface area contributed by atoms with Crippen LogP contribution in [0.25, 0.3) is 11.3 Å². The minimum Gasteiger partial charge on any atom is -0.376 e. The van der Waals surface area contributed by atoms with Crippen molar-refractivity contribution < 1.29 is 9.53 Å². The number of thiazole rings is 1. The van der Waals surface area contributed by atoms with E-state index in [1.54, 1.807) is 0 Å². The number of thioether (sulfide) groups is 1. The first kappa shape index (κ1) is 22.2. The summed E-state index contributed by atoms with van der Waals surface area (Å²) in [4.78, 5) is 17.0. The fourth-order valence-corrected chi connectivity index (χ4v) is 5.94. The fourth-order valence-electron chi connectivity index (χ4n) is 3.66. The maximum Gasteiger partial charge on any atom is 0.236 e. The van der Waals surface area contributed by atoms with Gasteiger partial charge in [0.25, 0.3) is 0 Å². The molecular weight excluding hydrogens is 450 g/mol. The summed E-state index contributed by atoms with van der Waals surface area (Å²) >= 11 is 4.27. The van der Waals surface area contributed by atoms with E-state index in [9.17, 15) is 4.79 Å². The molecular formula is C21H25N5O2S3. The molecule has 1 fully saturated rings. The molecule has 0 spiro atoms. The number of aromatic nitrogens is 3. The van der Waals surface area contributed by atoms with Crippen molar-refractivity contribution in [1.82, 2.24) is 15.2 Å². The minimum absolute atomic E-state index is 0.104. The number of carbonyl (C=O) groups excluding carboxylic acids is 1. The Bertz CT molecular complexity index is 1040. The second kappa shape index (κ2) is 10.1. The molecule has 1 aliphatic heterocycles. The molecule has 2 aromatic heterocycles. The highest BCUT2D eigenvalue weighted by Crippen LogP contribution is 2.31. The minimum atomic E-state index is -0.104. The average molecular weight is 476 g/mol. The summed E-state index contributed by atoms with van der Waals surface area (Å²) in [6.45, 7) is 7.86. The lowest BCUT2D eigenvalue weighted by molar-refractivity contribution is -0.113. The summed E-state index contributed by atoms with van der Waals surface area (Å²) in [7, 11) is 0. The molecule has 164 valence electrons. The molecule has 4 rings (SSSR count). The van der Waals surface area contributed by atoms with Gasteiger partial charge in [-0.2, -0.15) is 0 Å². The van der Waals surface area contributed by atoms with Crippen molar-refractivity contribution in [3.8, 4) is 11.3 Å². The number of benzene rings is 1. The maximum absolute atomic E-state index is 12.4. The van der Waals surface area contributed by atoms with Crippen LogP contribution in [0.2, 0.25) is 0 Å². The Morgan fingerprint density at radius 1 is 1.23 bits per heavy atom. The molecule has 1 aromatic carbocycles. The standard InChI is InChI=1S/C21H25N5O2S3/c1-12-7-13(2)18(14(3)8-12)16-10-29-20(23-16)24-17(27)11-30-21-26-25-19(31-21)22-9-15-5-4-6-28-15/h7-8,10,15H,4-6,9,11H2,1-3H3,(H,22,25)(H,23,24,27). The lowest BCUT2D eigenvalue weighted by atomic mass is 9.98. The predicted molar refractivity (Wildman–Crippen MR) is 128 cm³/mol. The lowest BCUT2D eigenvalue weighted by Crippen LogP contribution is -2.18. The first-order valence-corrected chi connectivity index (χ1v) is 12.8. The highest BCUT2D eigenvalue weighted by Gasteiger charge is 2.16. The molecule has 1 atom stereocenters. The van der Waals surface area contributed by atoms with Crippen LogP contribution in [0.15, 0.2) is 21.9 Å². The molecule has 1 unspecified atom stereocenters.